The summed E-state index contributed by atoms with van der Waals surface area (Å²) >= 11 is 0. The van der Waals surface area contributed by atoms with Gasteiger partial charge in [0.15, 0.2) is 0 Å². The molecule has 2 N–H and O–H groups in total. The van der Waals surface area contributed by atoms with Gasteiger partial charge in [0, 0.05) is 45.8 Å². The number of nitrogens with one attached hydrogen (secondary N) is 2. The molecular weight excluding hydrogens is 427 g/mol. The zero-order valence-electron chi connectivity index (χ0n) is 15.8. The first-order chi connectivity index (χ1) is 12.5. The molecule has 3 rings (SSSR count). The van der Waals surface area contributed by atoms with Crippen molar-refractivity contribution in [1.82, 2.24) is 19.8 Å². The molecule has 1 aromatic rings. The first-order valence-corrected chi connectivity index (χ1v) is 10.3. The van der Waals surface area contributed by atoms with E-state index in [0.717, 1.165) is 6.54 Å². The highest BCUT2D eigenvalue weighted by atomic mass is 35.5. The summed E-state index contributed by atoms with van der Waals surface area (Å²) in [6.07, 6.45) is -0.537. The second-order valence-corrected chi connectivity index (χ2v) is 8.50. The Bertz CT molecular complexity index is 736. The third-order valence-corrected chi connectivity index (χ3v) is 6.72. The Morgan fingerprint density at radius 3 is 2.54 bits per heavy atom. The fourth-order valence-electron chi connectivity index (χ4n) is 3.10. The van der Waals surface area contributed by atoms with Crippen LogP contribution >= 0.6 is 24.8 Å². The molecule has 8 nitrogen and oxygen atoms in total. The van der Waals surface area contributed by atoms with Crippen LogP contribution in [0.25, 0.3) is 0 Å². The SMILES string of the molecule is CN1CCN(S(=O)(=O)c2ccccc2CNC(=O)C2CNCCO2)CC1.Cl.Cl. The molecule has 2 saturated heterocycles. The number of hydrogen-bond donors (Lipinski definition) is 2. The lowest BCUT2D eigenvalue weighted by Crippen LogP contribution is -2.48. The minimum atomic E-state index is -3.58. The molecule has 1 aromatic carbocycles. The molecule has 0 bridgehead atoms. The Balaban J connectivity index is 0.00000196. The lowest BCUT2D eigenvalue weighted by Gasteiger charge is -2.32. The van der Waals surface area contributed by atoms with E-state index in [1.807, 2.05) is 7.05 Å². The average molecular weight is 455 g/mol. The van der Waals surface area contributed by atoms with Gasteiger partial charge >= 0.3 is 0 Å². The molecule has 0 aliphatic carbocycles. The van der Waals surface area contributed by atoms with Gasteiger partial charge in [-0.1, -0.05) is 18.2 Å². The quantitative estimate of drug-likeness (QED) is 0.653. The van der Waals surface area contributed by atoms with Crippen LogP contribution in [-0.4, -0.2) is 82.6 Å². The summed E-state index contributed by atoms with van der Waals surface area (Å²) in [6, 6.07) is 6.84. The van der Waals surface area contributed by atoms with Crippen LogP contribution in [0.2, 0.25) is 0 Å². The fraction of sp³-hybridized carbons (Fsp3) is 0.588. The maximum atomic E-state index is 13.0. The number of morpholine rings is 1. The van der Waals surface area contributed by atoms with E-state index in [1.54, 1.807) is 24.3 Å². The summed E-state index contributed by atoms with van der Waals surface area (Å²) in [4.78, 5) is 14.6. The number of amides is 1. The van der Waals surface area contributed by atoms with E-state index in [-0.39, 0.29) is 42.2 Å². The van der Waals surface area contributed by atoms with E-state index in [2.05, 4.69) is 15.5 Å². The maximum absolute atomic E-state index is 13.0. The van der Waals surface area contributed by atoms with E-state index in [9.17, 15) is 13.2 Å². The van der Waals surface area contributed by atoms with Crippen LogP contribution in [0.5, 0.6) is 0 Å². The lowest BCUT2D eigenvalue weighted by atomic mass is 10.2. The van der Waals surface area contributed by atoms with Crippen LogP contribution in [0.15, 0.2) is 29.2 Å². The number of piperazine rings is 1. The molecule has 1 unspecified atom stereocenters. The second kappa shape index (κ2) is 11.3. The predicted molar refractivity (Wildman–Crippen MR) is 112 cm³/mol. The Morgan fingerprint density at radius 1 is 1.21 bits per heavy atom. The summed E-state index contributed by atoms with van der Waals surface area (Å²) < 4.78 is 33.0. The van der Waals surface area contributed by atoms with Crippen molar-refractivity contribution in [2.45, 2.75) is 17.5 Å². The summed E-state index contributed by atoms with van der Waals surface area (Å²) in [7, 11) is -1.60. The highest BCUT2D eigenvalue weighted by molar-refractivity contribution is 7.89. The van der Waals surface area contributed by atoms with Crippen molar-refractivity contribution in [1.29, 1.82) is 0 Å². The summed E-state index contributed by atoms with van der Waals surface area (Å²) in [5.41, 5.74) is 0.587. The number of hydrogen-bond acceptors (Lipinski definition) is 6. The summed E-state index contributed by atoms with van der Waals surface area (Å²) in [5, 5.41) is 5.90. The van der Waals surface area contributed by atoms with Gasteiger partial charge in [0.2, 0.25) is 10.0 Å². The number of likely N-dealkylation sites (N-methyl/N-ethyl adjacent to an activating group) is 1. The highest BCUT2D eigenvalue weighted by Gasteiger charge is 2.29. The molecule has 2 heterocycles. The van der Waals surface area contributed by atoms with Crippen molar-refractivity contribution in [2.24, 2.45) is 0 Å². The first-order valence-electron chi connectivity index (χ1n) is 8.85. The van der Waals surface area contributed by atoms with E-state index < -0.39 is 16.1 Å². The van der Waals surface area contributed by atoms with Crippen molar-refractivity contribution >= 4 is 40.7 Å². The van der Waals surface area contributed by atoms with Crippen LogP contribution in [0.3, 0.4) is 0 Å². The number of carbonyl (C=O) groups is 1. The molecule has 0 saturated carbocycles. The molecule has 2 aliphatic rings. The van der Waals surface area contributed by atoms with E-state index in [4.69, 9.17) is 4.74 Å². The van der Waals surface area contributed by atoms with E-state index in [1.165, 1.54) is 4.31 Å². The van der Waals surface area contributed by atoms with Crippen molar-refractivity contribution in [3.05, 3.63) is 29.8 Å². The Kier molecular flexibility index (Phi) is 10.1. The van der Waals surface area contributed by atoms with Crippen molar-refractivity contribution in [3.63, 3.8) is 0 Å². The van der Waals surface area contributed by atoms with Gasteiger partial charge in [0.05, 0.1) is 11.5 Å². The van der Waals surface area contributed by atoms with Gasteiger partial charge in [-0.25, -0.2) is 8.42 Å². The molecule has 1 amide bonds. The number of ether oxygens (including phenoxy) is 1. The van der Waals surface area contributed by atoms with Gasteiger partial charge < -0.3 is 20.3 Å². The summed E-state index contributed by atoms with van der Waals surface area (Å²) in [5.74, 6) is -0.232. The van der Waals surface area contributed by atoms with Crippen LogP contribution < -0.4 is 10.6 Å². The molecule has 1 atom stereocenters. The normalized spacial score (nSPS) is 21.2. The predicted octanol–water partition coefficient (Wildman–Crippen LogP) is 0.0709. The number of rotatable bonds is 5. The molecular formula is C17H28Cl2N4O4S. The van der Waals surface area contributed by atoms with Gasteiger partial charge in [-0.15, -0.1) is 24.8 Å². The molecule has 28 heavy (non-hydrogen) atoms. The highest BCUT2D eigenvalue weighted by Crippen LogP contribution is 2.21. The van der Waals surface area contributed by atoms with Crippen molar-refractivity contribution < 1.29 is 17.9 Å². The van der Waals surface area contributed by atoms with Crippen LogP contribution in [0.1, 0.15) is 5.56 Å². The van der Waals surface area contributed by atoms with E-state index >= 15 is 0 Å². The standard InChI is InChI=1S/C17H26N4O4S.2ClH/c1-20-7-9-21(10-8-20)26(23,24)16-5-3-2-4-14(16)12-19-17(22)15-13-18-6-11-25-15;;/h2-5,15,18H,6-13H2,1H3,(H,19,22);2*1H. The first kappa shape index (κ1) is 25.1. The smallest absolute Gasteiger partial charge is 0.250 e. The molecule has 0 spiro atoms. The van der Waals surface area contributed by atoms with Crippen molar-refractivity contribution in [3.8, 4) is 0 Å². The molecule has 2 fully saturated rings. The van der Waals surface area contributed by atoms with Crippen LogP contribution in [0, 0.1) is 0 Å². The monoisotopic (exact) mass is 454 g/mol. The Labute approximate surface area is 178 Å². The second-order valence-electron chi connectivity index (χ2n) is 6.60. The zero-order chi connectivity index (χ0) is 18.6. The minimum Gasteiger partial charge on any atom is -0.366 e. The summed E-state index contributed by atoms with van der Waals surface area (Å²) in [6.45, 7) is 4.22. The van der Waals surface area contributed by atoms with E-state index in [0.29, 0.717) is 44.9 Å². The van der Waals surface area contributed by atoms with Gasteiger partial charge in [-0.3, -0.25) is 4.79 Å². The minimum absolute atomic E-state index is 0. The zero-order valence-corrected chi connectivity index (χ0v) is 18.2. The average Bonchev–Trinajstić information content (AvgIpc) is 2.67. The molecule has 160 valence electrons. The van der Waals surface area contributed by atoms with Gasteiger partial charge in [-0.05, 0) is 18.7 Å². The van der Waals surface area contributed by atoms with Gasteiger partial charge in [-0.2, -0.15) is 4.31 Å². The molecule has 2 aliphatic heterocycles. The van der Waals surface area contributed by atoms with Crippen LogP contribution in [0.4, 0.5) is 0 Å². The third-order valence-electron chi connectivity index (χ3n) is 4.73. The number of nitrogens with zero attached hydrogens (tertiary/aromatic N) is 2. The largest absolute Gasteiger partial charge is 0.366 e. The Morgan fingerprint density at radius 2 is 1.89 bits per heavy atom. The fourth-order valence-corrected chi connectivity index (χ4v) is 4.74. The topological polar surface area (TPSA) is 91.0 Å². The lowest BCUT2D eigenvalue weighted by molar-refractivity contribution is -0.134. The number of sulfonamides is 1. The number of halogens is 2. The number of benzene rings is 1. The molecule has 11 heteroatoms. The third kappa shape index (κ3) is 6.03. The van der Waals surface area contributed by atoms with Gasteiger partial charge in [0.1, 0.15) is 6.10 Å². The number of carbonyl (C=O) groups excluding carboxylic acids is 1. The van der Waals surface area contributed by atoms with Crippen molar-refractivity contribution in [2.75, 3.05) is 52.9 Å². The van der Waals surface area contributed by atoms with Crippen LogP contribution in [-0.2, 0) is 26.1 Å². The van der Waals surface area contributed by atoms with Gasteiger partial charge in [0.25, 0.3) is 5.91 Å². The Hall–Kier alpha value is -0.940. The molecule has 0 aromatic heterocycles. The maximum Gasteiger partial charge on any atom is 0.250 e. The molecule has 0 radical (unpaired) electrons.